The van der Waals surface area contributed by atoms with E-state index in [1.54, 1.807) is 31.9 Å². The van der Waals surface area contributed by atoms with Crippen molar-refractivity contribution in [2.75, 3.05) is 19.5 Å². The Labute approximate surface area is 111 Å². The quantitative estimate of drug-likeness (QED) is 0.751. The van der Waals surface area contributed by atoms with Crippen LogP contribution in [-0.4, -0.2) is 36.5 Å². The zero-order valence-corrected chi connectivity index (χ0v) is 11.4. The minimum Gasteiger partial charge on any atom is -0.481 e. The number of nitrogens with zero attached hydrogens (tertiary/aromatic N) is 1. The second-order valence-electron chi connectivity index (χ2n) is 3.54. The summed E-state index contributed by atoms with van der Waals surface area (Å²) in [5.41, 5.74) is 6.58. The fourth-order valence-corrected chi connectivity index (χ4v) is 2.14. The van der Waals surface area contributed by atoms with Gasteiger partial charge in [-0.05, 0) is 13.0 Å². The third-order valence-corrected chi connectivity index (χ3v) is 3.22. The van der Waals surface area contributed by atoms with Gasteiger partial charge in [0, 0.05) is 17.6 Å². The highest BCUT2D eigenvalue weighted by atomic mass is 32.2. The summed E-state index contributed by atoms with van der Waals surface area (Å²) >= 11 is 1.54. The summed E-state index contributed by atoms with van der Waals surface area (Å²) in [6, 6.07) is 5.00. The Kier molecular flexibility index (Phi) is 6.53. The second-order valence-corrected chi connectivity index (χ2v) is 4.58. The number of carbonyl (C=O) groups is 1. The molecule has 0 bridgehead atoms. The average molecular weight is 270 g/mol. The molecule has 0 radical (unpaired) electrons. The highest BCUT2D eigenvalue weighted by Gasteiger charge is 2.14. The maximum Gasteiger partial charge on any atom is 0.323 e. The standard InChI is InChI=1S/C12H18N2O3S/c1-3-17-12(15)10(13)8-18-7-9-5-4-6-11(14-9)16-2/h4-6,10H,3,7-8,13H2,1-2H3. The van der Waals surface area contributed by atoms with Crippen LogP contribution >= 0.6 is 11.8 Å². The number of thioether (sulfide) groups is 1. The molecule has 1 heterocycles. The molecule has 6 heteroatoms. The lowest BCUT2D eigenvalue weighted by Crippen LogP contribution is -2.34. The van der Waals surface area contributed by atoms with Crippen molar-refractivity contribution >= 4 is 17.7 Å². The molecule has 0 aromatic carbocycles. The molecule has 0 aliphatic heterocycles. The zero-order chi connectivity index (χ0) is 13.4. The summed E-state index contributed by atoms with van der Waals surface area (Å²) in [5.74, 6) is 1.42. The molecule has 1 unspecified atom stereocenters. The van der Waals surface area contributed by atoms with Gasteiger partial charge in [-0.3, -0.25) is 4.79 Å². The highest BCUT2D eigenvalue weighted by Crippen LogP contribution is 2.14. The minimum atomic E-state index is -0.583. The smallest absolute Gasteiger partial charge is 0.323 e. The van der Waals surface area contributed by atoms with Crippen LogP contribution in [0.5, 0.6) is 5.88 Å². The van der Waals surface area contributed by atoms with E-state index in [0.29, 0.717) is 24.0 Å². The number of hydrogen-bond donors (Lipinski definition) is 1. The van der Waals surface area contributed by atoms with Crippen molar-refractivity contribution in [2.24, 2.45) is 5.73 Å². The van der Waals surface area contributed by atoms with Crippen LogP contribution in [0.1, 0.15) is 12.6 Å². The van der Waals surface area contributed by atoms with Gasteiger partial charge in [-0.2, -0.15) is 11.8 Å². The van der Waals surface area contributed by atoms with Gasteiger partial charge < -0.3 is 15.2 Å². The Hall–Kier alpha value is -1.27. The van der Waals surface area contributed by atoms with Crippen LogP contribution in [0.2, 0.25) is 0 Å². The van der Waals surface area contributed by atoms with Gasteiger partial charge in [0.1, 0.15) is 6.04 Å². The number of methoxy groups -OCH3 is 1. The summed E-state index contributed by atoms with van der Waals surface area (Å²) in [6.07, 6.45) is 0. The van der Waals surface area contributed by atoms with Crippen LogP contribution in [0.4, 0.5) is 0 Å². The van der Waals surface area contributed by atoms with Crippen LogP contribution in [0.3, 0.4) is 0 Å². The summed E-state index contributed by atoms with van der Waals surface area (Å²) in [4.78, 5) is 15.6. The van der Waals surface area contributed by atoms with Crippen LogP contribution in [0.15, 0.2) is 18.2 Å². The molecule has 2 N–H and O–H groups in total. The van der Waals surface area contributed by atoms with Gasteiger partial charge in [0.15, 0.2) is 0 Å². The van der Waals surface area contributed by atoms with Gasteiger partial charge in [0.25, 0.3) is 0 Å². The Morgan fingerprint density at radius 1 is 1.56 bits per heavy atom. The van der Waals surface area contributed by atoms with Crippen molar-refractivity contribution < 1.29 is 14.3 Å². The first-order valence-corrected chi connectivity index (χ1v) is 6.82. The summed E-state index contributed by atoms with van der Waals surface area (Å²) in [5, 5.41) is 0. The third kappa shape index (κ3) is 4.93. The molecular formula is C12H18N2O3S. The van der Waals surface area contributed by atoms with Crippen molar-refractivity contribution in [3.8, 4) is 5.88 Å². The maximum atomic E-state index is 11.3. The van der Waals surface area contributed by atoms with Gasteiger partial charge in [0.05, 0.1) is 19.4 Å². The van der Waals surface area contributed by atoms with Gasteiger partial charge in [0.2, 0.25) is 5.88 Å². The van der Waals surface area contributed by atoms with E-state index in [4.69, 9.17) is 15.2 Å². The summed E-state index contributed by atoms with van der Waals surface area (Å²) < 4.78 is 9.86. The highest BCUT2D eigenvalue weighted by molar-refractivity contribution is 7.98. The number of pyridine rings is 1. The van der Waals surface area contributed by atoms with Gasteiger partial charge in [-0.1, -0.05) is 6.07 Å². The molecule has 0 saturated heterocycles. The lowest BCUT2D eigenvalue weighted by molar-refractivity contribution is -0.144. The minimum absolute atomic E-state index is 0.356. The van der Waals surface area contributed by atoms with Crippen molar-refractivity contribution in [1.82, 2.24) is 4.98 Å². The number of rotatable bonds is 7. The lowest BCUT2D eigenvalue weighted by atomic mass is 10.4. The molecule has 0 saturated carbocycles. The van der Waals surface area contributed by atoms with E-state index in [1.165, 1.54) is 0 Å². The van der Waals surface area contributed by atoms with Crippen LogP contribution in [0, 0.1) is 0 Å². The number of esters is 1. The summed E-state index contributed by atoms with van der Waals surface area (Å²) in [6.45, 7) is 2.12. The molecule has 18 heavy (non-hydrogen) atoms. The number of hydrogen-bond acceptors (Lipinski definition) is 6. The first kappa shape index (κ1) is 14.8. The first-order valence-electron chi connectivity index (χ1n) is 5.67. The van der Waals surface area contributed by atoms with Gasteiger partial charge in [-0.25, -0.2) is 4.98 Å². The number of carbonyl (C=O) groups excluding carboxylic acids is 1. The fourth-order valence-electron chi connectivity index (χ4n) is 1.26. The van der Waals surface area contributed by atoms with Gasteiger partial charge in [-0.15, -0.1) is 0 Å². The monoisotopic (exact) mass is 270 g/mol. The number of aromatic nitrogens is 1. The van der Waals surface area contributed by atoms with Crippen LogP contribution in [-0.2, 0) is 15.3 Å². The van der Waals surface area contributed by atoms with E-state index >= 15 is 0 Å². The largest absolute Gasteiger partial charge is 0.481 e. The topological polar surface area (TPSA) is 74.4 Å². The fraction of sp³-hybridized carbons (Fsp3) is 0.500. The molecule has 0 amide bonds. The van der Waals surface area contributed by atoms with E-state index in [2.05, 4.69) is 4.98 Å². The van der Waals surface area contributed by atoms with Crippen LogP contribution in [0.25, 0.3) is 0 Å². The first-order chi connectivity index (χ1) is 8.67. The molecule has 0 aliphatic rings. The molecule has 0 aliphatic carbocycles. The Morgan fingerprint density at radius 3 is 3.00 bits per heavy atom. The van der Waals surface area contributed by atoms with Crippen molar-refractivity contribution in [3.63, 3.8) is 0 Å². The molecular weight excluding hydrogens is 252 g/mol. The SMILES string of the molecule is CCOC(=O)C(N)CSCc1cccc(OC)n1. The summed E-state index contributed by atoms with van der Waals surface area (Å²) in [7, 11) is 1.58. The predicted octanol–water partition coefficient (Wildman–Crippen LogP) is 1.21. The van der Waals surface area contributed by atoms with Crippen molar-refractivity contribution in [2.45, 2.75) is 18.7 Å². The second kappa shape index (κ2) is 7.94. The van der Waals surface area contributed by atoms with E-state index < -0.39 is 6.04 Å². The van der Waals surface area contributed by atoms with E-state index in [1.807, 2.05) is 12.1 Å². The number of nitrogens with two attached hydrogens (primary N) is 1. The molecule has 5 nitrogen and oxygen atoms in total. The van der Waals surface area contributed by atoms with Crippen molar-refractivity contribution in [1.29, 1.82) is 0 Å². The van der Waals surface area contributed by atoms with E-state index in [9.17, 15) is 4.79 Å². The van der Waals surface area contributed by atoms with Crippen LogP contribution < -0.4 is 10.5 Å². The predicted molar refractivity (Wildman–Crippen MR) is 71.6 cm³/mol. The zero-order valence-electron chi connectivity index (χ0n) is 10.6. The molecule has 1 aromatic rings. The lowest BCUT2D eigenvalue weighted by Gasteiger charge is -2.10. The molecule has 0 spiro atoms. The Bertz CT molecular complexity index is 387. The van der Waals surface area contributed by atoms with E-state index in [-0.39, 0.29) is 5.97 Å². The van der Waals surface area contributed by atoms with Gasteiger partial charge >= 0.3 is 5.97 Å². The molecule has 1 atom stereocenters. The number of ether oxygens (including phenoxy) is 2. The molecule has 1 rings (SSSR count). The molecule has 0 fully saturated rings. The maximum absolute atomic E-state index is 11.3. The van der Waals surface area contributed by atoms with E-state index in [0.717, 1.165) is 5.69 Å². The molecule has 1 aromatic heterocycles. The molecule has 100 valence electrons. The average Bonchev–Trinajstić information content (AvgIpc) is 2.39. The Morgan fingerprint density at radius 2 is 2.33 bits per heavy atom. The normalized spacial score (nSPS) is 11.9. The Balaban J connectivity index is 2.34. The van der Waals surface area contributed by atoms with Crippen molar-refractivity contribution in [3.05, 3.63) is 23.9 Å². The third-order valence-electron chi connectivity index (χ3n) is 2.13.